The van der Waals surface area contributed by atoms with Crippen LogP contribution in [0.25, 0.3) is 0 Å². The van der Waals surface area contributed by atoms with Crippen LogP contribution in [0.3, 0.4) is 0 Å². The summed E-state index contributed by atoms with van der Waals surface area (Å²) >= 11 is 0. The maximum Gasteiger partial charge on any atom is 0.163 e. The molecular weight excluding hydrogens is 324 g/mol. The number of carbonyl (C=O) groups is 1. The van der Waals surface area contributed by atoms with Gasteiger partial charge in [0.1, 0.15) is 0 Å². The Bertz CT molecular complexity index is 445. The SMILES string of the molecule is CC(C)[Si](/C=C(\C(=O)C1CCCCC1)C1CCCO1)(C(C)C)C(C)C. The Kier molecular flexibility index (Phi) is 7.51. The van der Waals surface area contributed by atoms with Gasteiger partial charge in [-0.15, -0.1) is 0 Å². The Morgan fingerprint density at radius 2 is 1.44 bits per heavy atom. The predicted octanol–water partition coefficient (Wildman–Crippen LogP) is 6.46. The van der Waals surface area contributed by atoms with Gasteiger partial charge in [0.2, 0.25) is 0 Å². The topological polar surface area (TPSA) is 26.3 Å². The predicted molar refractivity (Wildman–Crippen MR) is 110 cm³/mol. The average Bonchev–Trinajstić information content (AvgIpc) is 3.09. The van der Waals surface area contributed by atoms with E-state index in [1.807, 2.05) is 0 Å². The molecule has 1 aliphatic heterocycles. The smallest absolute Gasteiger partial charge is 0.163 e. The minimum absolute atomic E-state index is 0.0672. The van der Waals surface area contributed by atoms with Crippen LogP contribution in [0.5, 0.6) is 0 Å². The highest BCUT2D eigenvalue weighted by atomic mass is 28.3. The number of hydrogen-bond donors (Lipinski definition) is 0. The molecule has 2 rings (SSSR count). The van der Waals surface area contributed by atoms with Crippen LogP contribution < -0.4 is 0 Å². The van der Waals surface area contributed by atoms with E-state index >= 15 is 0 Å². The standard InChI is InChI=1S/C22H40O2Si/c1-16(2)25(17(3)4,18(5)6)15-20(21-13-10-14-24-21)22(23)19-11-8-7-9-12-19/h15-19,21H,7-14H2,1-6H3/b20-15-. The molecule has 1 atom stereocenters. The fourth-order valence-electron chi connectivity index (χ4n) is 5.52. The van der Waals surface area contributed by atoms with Crippen molar-refractivity contribution in [3.8, 4) is 0 Å². The highest BCUT2D eigenvalue weighted by molar-refractivity contribution is 6.88. The van der Waals surface area contributed by atoms with Crippen molar-refractivity contribution in [2.24, 2.45) is 5.92 Å². The van der Waals surface area contributed by atoms with Gasteiger partial charge in [-0.05, 0) is 42.3 Å². The Hall–Kier alpha value is -0.413. The van der Waals surface area contributed by atoms with E-state index in [2.05, 4.69) is 47.2 Å². The van der Waals surface area contributed by atoms with Crippen molar-refractivity contribution in [1.82, 2.24) is 0 Å². The van der Waals surface area contributed by atoms with Crippen LogP contribution in [-0.2, 0) is 9.53 Å². The van der Waals surface area contributed by atoms with Gasteiger partial charge in [0, 0.05) is 18.1 Å². The first-order valence-corrected chi connectivity index (χ1v) is 13.0. The fourth-order valence-corrected chi connectivity index (χ4v) is 11.4. The van der Waals surface area contributed by atoms with Crippen LogP contribution in [0.15, 0.2) is 11.3 Å². The van der Waals surface area contributed by atoms with Crippen LogP contribution in [0.1, 0.15) is 86.5 Å². The summed E-state index contributed by atoms with van der Waals surface area (Å²) in [6.07, 6.45) is 8.10. The molecule has 0 aromatic carbocycles. The first-order valence-electron chi connectivity index (χ1n) is 10.7. The van der Waals surface area contributed by atoms with Gasteiger partial charge in [-0.25, -0.2) is 0 Å². The van der Waals surface area contributed by atoms with Crippen LogP contribution >= 0.6 is 0 Å². The molecule has 1 saturated heterocycles. The molecule has 2 aliphatic rings. The van der Waals surface area contributed by atoms with Gasteiger partial charge in [0.25, 0.3) is 0 Å². The van der Waals surface area contributed by atoms with Crippen LogP contribution in [0.2, 0.25) is 16.6 Å². The molecule has 0 bridgehead atoms. The average molecular weight is 365 g/mol. The van der Waals surface area contributed by atoms with E-state index in [-0.39, 0.29) is 12.0 Å². The molecular formula is C22H40O2Si. The van der Waals surface area contributed by atoms with Crippen molar-refractivity contribution in [3.05, 3.63) is 11.3 Å². The van der Waals surface area contributed by atoms with E-state index in [0.717, 1.165) is 37.9 Å². The largest absolute Gasteiger partial charge is 0.373 e. The molecule has 0 aromatic heterocycles. The molecule has 1 unspecified atom stereocenters. The third-order valence-electron chi connectivity index (χ3n) is 6.94. The molecule has 0 amide bonds. The minimum atomic E-state index is -1.75. The summed E-state index contributed by atoms with van der Waals surface area (Å²) in [6.45, 7) is 15.1. The van der Waals surface area contributed by atoms with Gasteiger partial charge in [-0.3, -0.25) is 4.79 Å². The van der Waals surface area contributed by atoms with Gasteiger partial charge in [-0.1, -0.05) is 66.5 Å². The van der Waals surface area contributed by atoms with Crippen molar-refractivity contribution < 1.29 is 9.53 Å². The maximum absolute atomic E-state index is 13.5. The van der Waals surface area contributed by atoms with Crippen molar-refractivity contribution in [3.63, 3.8) is 0 Å². The molecule has 1 saturated carbocycles. The van der Waals surface area contributed by atoms with Crippen molar-refractivity contribution in [2.75, 3.05) is 6.61 Å². The van der Waals surface area contributed by atoms with E-state index in [4.69, 9.17) is 4.74 Å². The summed E-state index contributed by atoms with van der Waals surface area (Å²) in [5.74, 6) is 0.688. The van der Waals surface area contributed by atoms with Crippen molar-refractivity contribution in [1.29, 1.82) is 0 Å². The second kappa shape index (κ2) is 8.99. The van der Waals surface area contributed by atoms with Crippen LogP contribution in [-0.4, -0.2) is 26.6 Å². The zero-order valence-electron chi connectivity index (χ0n) is 17.4. The van der Waals surface area contributed by atoms with Gasteiger partial charge in [-0.2, -0.15) is 0 Å². The zero-order chi connectivity index (χ0) is 18.6. The Morgan fingerprint density at radius 1 is 0.880 bits per heavy atom. The van der Waals surface area contributed by atoms with E-state index in [1.165, 1.54) is 19.3 Å². The third kappa shape index (κ3) is 4.47. The van der Waals surface area contributed by atoms with Crippen molar-refractivity contribution in [2.45, 2.75) is 109 Å². The molecule has 0 N–H and O–H groups in total. The third-order valence-corrected chi connectivity index (χ3v) is 13.8. The number of Topliss-reactive ketones (excluding diaryl/α,β-unsaturated/α-hetero) is 1. The lowest BCUT2D eigenvalue weighted by atomic mass is 9.82. The summed E-state index contributed by atoms with van der Waals surface area (Å²) in [5, 5.41) is 0. The molecule has 1 heterocycles. The zero-order valence-corrected chi connectivity index (χ0v) is 18.4. The Balaban J connectivity index is 2.44. The number of hydrogen-bond acceptors (Lipinski definition) is 2. The van der Waals surface area contributed by atoms with E-state index < -0.39 is 8.07 Å². The quantitative estimate of drug-likeness (QED) is 0.383. The number of carbonyl (C=O) groups excluding carboxylic acids is 1. The molecule has 2 nitrogen and oxygen atoms in total. The van der Waals surface area contributed by atoms with Crippen LogP contribution in [0, 0.1) is 5.92 Å². The number of rotatable bonds is 7. The van der Waals surface area contributed by atoms with Gasteiger partial charge in [0.15, 0.2) is 5.78 Å². The molecule has 0 radical (unpaired) electrons. The van der Waals surface area contributed by atoms with Gasteiger partial charge >= 0.3 is 0 Å². The number of ketones is 1. The summed E-state index contributed by atoms with van der Waals surface area (Å²) in [5.41, 5.74) is 5.53. The highest BCUT2D eigenvalue weighted by Gasteiger charge is 2.43. The van der Waals surface area contributed by atoms with Gasteiger partial charge in [0.05, 0.1) is 14.2 Å². The lowest BCUT2D eigenvalue weighted by Gasteiger charge is -2.42. The molecule has 25 heavy (non-hydrogen) atoms. The summed E-state index contributed by atoms with van der Waals surface area (Å²) in [7, 11) is -1.75. The molecule has 144 valence electrons. The Morgan fingerprint density at radius 3 is 1.88 bits per heavy atom. The van der Waals surface area contributed by atoms with E-state index in [9.17, 15) is 4.79 Å². The van der Waals surface area contributed by atoms with Crippen LogP contribution in [0.4, 0.5) is 0 Å². The first-order chi connectivity index (χ1) is 11.8. The Labute approximate surface area is 156 Å². The second-order valence-electron chi connectivity index (χ2n) is 9.26. The second-order valence-corrected chi connectivity index (χ2v) is 15.0. The number of ether oxygens (including phenoxy) is 1. The lowest BCUT2D eigenvalue weighted by Crippen LogP contribution is -2.44. The molecule has 0 spiro atoms. The minimum Gasteiger partial charge on any atom is -0.373 e. The highest BCUT2D eigenvalue weighted by Crippen LogP contribution is 2.44. The molecule has 0 aromatic rings. The monoisotopic (exact) mass is 364 g/mol. The van der Waals surface area contributed by atoms with Crippen molar-refractivity contribution >= 4 is 13.9 Å². The first kappa shape index (κ1) is 20.9. The normalized spacial score (nSPS) is 23.9. The summed E-state index contributed by atoms with van der Waals surface area (Å²) < 4.78 is 6.05. The lowest BCUT2D eigenvalue weighted by molar-refractivity contribution is -0.121. The summed E-state index contributed by atoms with van der Waals surface area (Å²) in [6, 6.07) is 0. The summed E-state index contributed by atoms with van der Waals surface area (Å²) in [4.78, 5) is 13.5. The fraction of sp³-hybridized carbons (Fsp3) is 0.864. The maximum atomic E-state index is 13.5. The molecule has 3 heteroatoms. The molecule has 2 fully saturated rings. The van der Waals surface area contributed by atoms with E-state index in [0.29, 0.717) is 22.4 Å². The van der Waals surface area contributed by atoms with Gasteiger partial charge < -0.3 is 4.74 Å². The van der Waals surface area contributed by atoms with E-state index in [1.54, 1.807) is 0 Å². The molecule has 1 aliphatic carbocycles.